The normalized spacial score (nSPS) is 15.6. The van der Waals surface area contributed by atoms with Gasteiger partial charge in [-0.05, 0) is 54.3 Å². The summed E-state index contributed by atoms with van der Waals surface area (Å²) in [6.07, 6.45) is 3.02. The van der Waals surface area contributed by atoms with Crippen molar-refractivity contribution < 1.29 is 9.18 Å². The van der Waals surface area contributed by atoms with E-state index in [-0.39, 0.29) is 11.7 Å². The maximum atomic E-state index is 13.4. The molecule has 5 nitrogen and oxygen atoms in total. The Morgan fingerprint density at radius 1 is 1.26 bits per heavy atom. The number of rotatable bonds is 4. The molecule has 0 fully saturated rings. The van der Waals surface area contributed by atoms with Crippen LogP contribution >= 0.6 is 0 Å². The number of amides is 1. The molecule has 3 heterocycles. The summed E-state index contributed by atoms with van der Waals surface area (Å²) in [4.78, 5) is 16.0. The van der Waals surface area contributed by atoms with E-state index in [1.165, 1.54) is 17.8 Å². The summed E-state index contributed by atoms with van der Waals surface area (Å²) >= 11 is 0. The van der Waals surface area contributed by atoms with Gasteiger partial charge in [0, 0.05) is 36.0 Å². The highest BCUT2D eigenvalue weighted by Crippen LogP contribution is 2.39. The first-order valence-corrected chi connectivity index (χ1v) is 9.17. The number of benzene rings is 1. The number of fused-ring (bicyclic) bond motifs is 1. The summed E-state index contributed by atoms with van der Waals surface area (Å²) in [5, 5.41) is 7.62. The molecule has 0 spiro atoms. The number of carbonyl (C=O) groups is 1. The van der Waals surface area contributed by atoms with Gasteiger partial charge < -0.3 is 5.32 Å². The van der Waals surface area contributed by atoms with E-state index in [4.69, 9.17) is 5.10 Å². The highest BCUT2D eigenvalue weighted by molar-refractivity contribution is 5.91. The molecule has 1 aliphatic heterocycles. The molecule has 1 amide bonds. The van der Waals surface area contributed by atoms with E-state index in [2.05, 4.69) is 17.2 Å². The molecule has 138 valence electrons. The van der Waals surface area contributed by atoms with Crippen LogP contribution in [0.15, 0.2) is 42.6 Å². The van der Waals surface area contributed by atoms with Gasteiger partial charge in [-0.15, -0.1) is 0 Å². The molecular formula is C21H21FN4O. The van der Waals surface area contributed by atoms with Crippen LogP contribution in [0.2, 0.25) is 0 Å². The SMILES string of the molecule is CCC(=O)Nc1cc(-c2c(-c3ccc(F)cc3)nn3c2CC(C)C3)ccn1. The summed E-state index contributed by atoms with van der Waals surface area (Å²) in [5.74, 6) is 0.700. The van der Waals surface area contributed by atoms with E-state index >= 15 is 0 Å². The largest absolute Gasteiger partial charge is 0.311 e. The average molecular weight is 364 g/mol. The van der Waals surface area contributed by atoms with Crippen molar-refractivity contribution in [3.05, 3.63) is 54.1 Å². The molecule has 2 aromatic heterocycles. The van der Waals surface area contributed by atoms with Crippen LogP contribution < -0.4 is 5.32 Å². The molecule has 0 bridgehead atoms. The minimum atomic E-state index is -0.269. The van der Waals surface area contributed by atoms with Crippen molar-refractivity contribution in [2.75, 3.05) is 5.32 Å². The monoisotopic (exact) mass is 364 g/mol. The van der Waals surface area contributed by atoms with E-state index in [0.29, 0.717) is 18.2 Å². The van der Waals surface area contributed by atoms with Crippen molar-refractivity contribution in [2.24, 2.45) is 5.92 Å². The number of pyridine rings is 1. The van der Waals surface area contributed by atoms with Crippen LogP contribution in [0.3, 0.4) is 0 Å². The molecule has 1 atom stereocenters. The van der Waals surface area contributed by atoms with Gasteiger partial charge in [0.15, 0.2) is 0 Å². The van der Waals surface area contributed by atoms with Gasteiger partial charge in [-0.3, -0.25) is 9.48 Å². The molecule has 0 saturated carbocycles. The Morgan fingerprint density at radius 2 is 2.04 bits per heavy atom. The number of anilines is 1. The van der Waals surface area contributed by atoms with Crippen molar-refractivity contribution in [1.82, 2.24) is 14.8 Å². The molecule has 4 rings (SSSR count). The zero-order valence-electron chi connectivity index (χ0n) is 15.4. The van der Waals surface area contributed by atoms with E-state index in [0.717, 1.165) is 35.3 Å². The van der Waals surface area contributed by atoms with Crippen LogP contribution in [0, 0.1) is 11.7 Å². The second kappa shape index (κ2) is 6.95. The summed E-state index contributed by atoms with van der Waals surface area (Å²) in [7, 11) is 0. The van der Waals surface area contributed by atoms with E-state index in [9.17, 15) is 9.18 Å². The fraction of sp³-hybridized carbons (Fsp3) is 0.286. The van der Waals surface area contributed by atoms with Gasteiger partial charge in [-0.25, -0.2) is 9.37 Å². The Kier molecular flexibility index (Phi) is 4.48. The first-order chi connectivity index (χ1) is 13.0. The van der Waals surface area contributed by atoms with Gasteiger partial charge in [0.1, 0.15) is 17.3 Å². The van der Waals surface area contributed by atoms with E-state index in [1.54, 1.807) is 25.3 Å². The molecular weight excluding hydrogens is 343 g/mol. The second-order valence-corrected chi connectivity index (χ2v) is 7.00. The van der Waals surface area contributed by atoms with Crippen molar-refractivity contribution >= 4 is 11.7 Å². The number of halogens is 1. The van der Waals surface area contributed by atoms with Gasteiger partial charge in [0.2, 0.25) is 5.91 Å². The predicted molar refractivity (Wildman–Crippen MR) is 103 cm³/mol. The molecule has 27 heavy (non-hydrogen) atoms. The van der Waals surface area contributed by atoms with E-state index in [1.807, 2.05) is 16.8 Å². The maximum absolute atomic E-state index is 13.4. The summed E-state index contributed by atoms with van der Waals surface area (Å²) in [5.41, 5.74) is 4.85. The maximum Gasteiger partial charge on any atom is 0.225 e. The lowest BCUT2D eigenvalue weighted by molar-refractivity contribution is -0.115. The average Bonchev–Trinajstić information content (AvgIpc) is 3.18. The Labute approximate surface area is 157 Å². The predicted octanol–water partition coefficient (Wildman–Crippen LogP) is 4.29. The highest BCUT2D eigenvalue weighted by Gasteiger charge is 2.27. The summed E-state index contributed by atoms with van der Waals surface area (Å²) in [6, 6.07) is 10.2. The third-order valence-electron chi connectivity index (χ3n) is 4.84. The molecule has 0 radical (unpaired) electrons. The Balaban J connectivity index is 1.83. The second-order valence-electron chi connectivity index (χ2n) is 7.00. The third kappa shape index (κ3) is 3.35. The number of hydrogen-bond donors (Lipinski definition) is 1. The number of nitrogens with zero attached hydrogens (tertiary/aromatic N) is 3. The van der Waals surface area contributed by atoms with Gasteiger partial charge in [-0.2, -0.15) is 5.10 Å². The summed E-state index contributed by atoms with van der Waals surface area (Å²) in [6.45, 7) is 4.88. The molecule has 1 aromatic carbocycles. The van der Waals surface area contributed by atoms with Crippen molar-refractivity contribution in [2.45, 2.75) is 33.2 Å². The van der Waals surface area contributed by atoms with Gasteiger partial charge in [0.25, 0.3) is 0 Å². The standard InChI is InChI=1S/C21H21FN4O/c1-3-19(27)24-18-11-15(8-9-23-18)20-17-10-13(2)12-26(17)25-21(20)14-4-6-16(22)7-5-14/h4-9,11,13H,3,10,12H2,1-2H3,(H,23,24,27). The lowest BCUT2D eigenvalue weighted by Gasteiger charge is -2.09. The van der Waals surface area contributed by atoms with Crippen LogP contribution in [0.1, 0.15) is 26.0 Å². The Hall–Kier alpha value is -3.02. The lowest BCUT2D eigenvalue weighted by Crippen LogP contribution is -2.10. The number of nitrogens with one attached hydrogen (secondary N) is 1. The van der Waals surface area contributed by atoms with Crippen LogP contribution in [0.5, 0.6) is 0 Å². The molecule has 1 unspecified atom stereocenters. The molecule has 3 aromatic rings. The van der Waals surface area contributed by atoms with Gasteiger partial charge in [0.05, 0.1) is 0 Å². The van der Waals surface area contributed by atoms with Crippen LogP contribution in [-0.2, 0) is 17.8 Å². The minimum Gasteiger partial charge on any atom is -0.311 e. The lowest BCUT2D eigenvalue weighted by atomic mass is 9.97. The third-order valence-corrected chi connectivity index (χ3v) is 4.84. The zero-order chi connectivity index (χ0) is 19.0. The minimum absolute atomic E-state index is 0.0766. The number of hydrogen-bond acceptors (Lipinski definition) is 3. The zero-order valence-corrected chi connectivity index (χ0v) is 15.4. The molecule has 1 aliphatic rings. The van der Waals surface area contributed by atoms with Crippen molar-refractivity contribution in [3.63, 3.8) is 0 Å². The number of carbonyl (C=O) groups excluding carboxylic acids is 1. The molecule has 1 N–H and O–H groups in total. The molecule has 0 saturated heterocycles. The van der Waals surface area contributed by atoms with Crippen molar-refractivity contribution in [1.29, 1.82) is 0 Å². The van der Waals surface area contributed by atoms with Crippen LogP contribution in [-0.4, -0.2) is 20.7 Å². The first kappa shape index (κ1) is 17.4. The van der Waals surface area contributed by atoms with Gasteiger partial charge in [-0.1, -0.05) is 13.8 Å². The van der Waals surface area contributed by atoms with E-state index < -0.39 is 0 Å². The quantitative estimate of drug-likeness (QED) is 0.751. The van der Waals surface area contributed by atoms with Crippen LogP contribution in [0.4, 0.5) is 10.2 Å². The highest BCUT2D eigenvalue weighted by atomic mass is 19.1. The fourth-order valence-corrected chi connectivity index (χ4v) is 3.54. The van der Waals surface area contributed by atoms with Crippen LogP contribution in [0.25, 0.3) is 22.4 Å². The smallest absolute Gasteiger partial charge is 0.225 e. The Bertz CT molecular complexity index is 994. The number of aromatic nitrogens is 3. The van der Waals surface area contributed by atoms with Crippen molar-refractivity contribution in [3.8, 4) is 22.4 Å². The molecule has 6 heteroatoms. The summed E-state index contributed by atoms with van der Waals surface area (Å²) < 4.78 is 15.4. The fourth-order valence-electron chi connectivity index (χ4n) is 3.54. The topological polar surface area (TPSA) is 59.8 Å². The Morgan fingerprint density at radius 3 is 2.78 bits per heavy atom. The molecule has 0 aliphatic carbocycles. The van der Waals surface area contributed by atoms with Gasteiger partial charge >= 0.3 is 0 Å². The first-order valence-electron chi connectivity index (χ1n) is 9.17.